The van der Waals surface area contributed by atoms with Gasteiger partial charge in [-0.1, -0.05) is 13.0 Å². The molecule has 1 aromatic carbocycles. The van der Waals surface area contributed by atoms with Gasteiger partial charge in [0, 0.05) is 6.54 Å². The van der Waals surface area contributed by atoms with Crippen molar-refractivity contribution < 1.29 is 4.74 Å². The van der Waals surface area contributed by atoms with Crippen molar-refractivity contribution in [2.24, 2.45) is 0 Å². The Morgan fingerprint density at radius 3 is 2.71 bits per heavy atom. The summed E-state index contributed by atoms with van der Waals surface area (Å²) >= 11 is 3.49. The van der Waals surface area contributed by atoms with Crippen LogP contribution in [0.1, 0.15) is 19.4 Å². The molecule has 0 fully saturated rings. The zero-order valence-electron chi connectivity index (χ0n) is 8.64. The lowest BCUT2D eigenvalue weighted by molar-refractivity contribution is 0.338. The zero-order valence-corrected chi connectivity index (χ0v) is 10.2. The van der Waals surface area contributed by atoms with Crippen LogP contribution in [0.15, 0.2) is 22.7 Å². The first-order chi connectivity index (χ1) is 6.77. The van der Waals surface area contributed by atoms with Gasteiger partial charge in [-0.3, -0.25) is 0 Å². The standard InChI is InChI=1S/C11H16BrNO/c1-3-13-8-9-5-6-11(14-4-2)10(12)7-9/h5-7,13H,3-4,8H2,1-2H3. The summed E-state index contributed by atoms with van der Waals surface area (Å²) < 4.78 is 6.45. The molecule has 0 unspecified atom stereocenters. The van der Waals surface area contributed by atoms with Crippen LogP contribution in [0.4, 0.5) is 0 Å². The molecule has 0 aliphatic carbocycles. The Balaban J connectivity index is 2.68. The quantitative estimate of drug-likeness (QED) is 0.876. The lowest BCUT2D eigenvalue weighted by atomic mass is 10.2. The normalized spacial score (nSPS) is 10.2. The van der Waals surface area contributed by atoms with Gasteiger partial charge in [0.05, 0.1) is 11.1 Å². The Morgan fingerprint density at radius 1 is 1.36 bits per heavy atom. The predicted molar refractivity (Wildman–Crippen MR) is 62.7 cm³/mol. The van der Waals surface area contributed by atoms with E-state index in [4.69, 9.17) is 4.74 Å². The highest BCUT2D eigenvalue weighted by Gasteiger charge is 2.01. The Morgan fingerprint density at radius 2 is 2.14 bits per heavy atom. The highest BCUT2D eigenvalue weighted by molar-refractivity contribution is 9.10. The van der Waals surface area contributed by atoms with Crippen LogP contribution in [0.2, 0.25) is 0 Å². The van der Waals surface area contributed by atoms with Gasteiger partial charge in [0.1, 0.15) is 5.75 Å². The van der Waals surface area contributed by atoms with Gasteiger partial charge in [0.2, 0.25) is 0 Å². The third-order valence-corrected chi connectivity index (χ3v) is 2.49. The Kier molecular flexibility index (Phi) is 4.98. The van der Waals surface area contributed by atoms with Crippen LogP contribution < -0.4 is 10.1 Å². The summed E-state index contributed by atoms with van der Waals surface area (Å²) in [5, 5.41) is 3.28. The van der Waals surface area contributed by atoms with E-state index in [1.54, 1.807) is 0 Å². The molecule has 0 bridgehead atoms. The average molecular weight is 258 g/mol. The number of ether oxygens (including phenoxy) is 1. The van der Waals surface area contributed by atoms with E-state index in [1.165, 1.54) is 5.56 Å². The highest BCUT2D eigenvalue weighted by atomic mass is 79.9. The minimum absolute atomic E-state index is 0.700. The second-order valence-electron chi connectivity index (χ2n) is 2.98. The maximum atomic E-state index is 5.43. The fourth-order valence-electron chi connectivity index (χ4n) is 1.20. The maximum absolute atomic E-state index is 5.43. The monoisotopic (exact) mass is 257 g/mol. The van der Waals surface area contributed by atoms with Crippen LogP contribution in [0.25, 0.3) is 0 Å². The van der Waals surface area contributed by atoms with Crippen LogP contribution in [-0.2, 0) is 6.54 Å². The number of nitrogens with one attached hydrogen (secondary N) is 1. The topological polar surface area (TPSA) is 21.3 Å². The molecule has 0 aliphatic heterocycles. The van der Waals surface area contributed by atoms with Gasteiger partial charge in [-0.2, -0.15) is 0 Å². The molecule has 0 radical (unpaired) electrons. The lowest BCUT2D eigenvalue weighted by Gasteiger charge is -2.08. The van der Waals surface area contributed by atoms with Gasteiger partial charge in [-0.25, -0.2) is 0 Å². The van der Waals surface area contributed by atoms with Gasteiger partial charge < -0.3 is 10.1 Å². The molecule has 0 atom stereocenters. The van der Waals surface area contributed by atoms with Crippen molar-refractivity contribution in [3.05, 3.63) is 28.2 Å². The lowest BCUT2D eigenvalue weighted by Crippen LogP contribution is -2.11. The smallest absolute Gasteiger partial charge is 0.133 e. The van der Waals surface area contributed by atoms with Crippen LogP contribution >= 0.6 is 15.9 Å². The summed E-state index contributed by atoms with van der Waals surface area (Å²) in [6.45, 7) is 6.68. The number of hydrogen-bond donors (Lipinski definition) is 1. The average Bonchev–Trinajstić information content (AvgIpc) is 2.19. The van der Waals surface area contributed by atoms with Crippen LogP contribution in [-0.4, -0.2) is 13.2 Å². The molecule has 1 aromatic rings. The van der Waals surface area contributed by atoms with Crippen molar-refractivity contribution in [1.82, 2.24) is 5.32 Å². The van der Waals surface area contributed by atoms with Crippen molar-refractivity contribution in [1.29, 1.82) is 0 Å². The number of rotatable bonds is 5. The molecule has 3 heteroatoms. The molecule has 78 valence electrons. The summed E-state index contributed by atoms with van der Waals surface area (Å²) in [6.07, 6.45) is 0. The van der Waals surface area contributed by atoms with E-state index < -0.39 is 0 Å². The molecule has 0 heterocycles. The summed E-state index contributed by atoms with van der Waals surface area (Å²) in [5.74, 6) is 0.910. The summed E-state index contributed by atoms with van der Waals surface area (Å²) in [7, 11) is 0. The first-order valence-corrected chi connectivity index (χ1v) is 5.69. The molecule has 14 heavy (non-hydrogen) atoms. The minimum Gasteiger partial charge on any atom is -0.493 e. The summed E-state index contributed by atoms with van der Waals surface area (Å²) in [5.41, 5.74) is 1.27. The van der Waals surface area contributed by atoms with Gasteiger partial charge >= 0.3 is 0 Å². The fraction of sp³-hybridized carbons (Fsp3) is 0.455. The van der Waals surface area contributed by atoms with Crippen molar-refractivity contribution in [3.8, 4) is 5.75 Å². The molecule has 0 aromatic heterocycles. The summed E-state index contributed by atoms with van der Waals surface area (Å²) in [6, 6.07) is 6.17. The SMILES string of the molecule is CCNCc1ccc(OCC)c(Br)c1. The molecular weight excluding hydrogens is 242 g/mol. The predicted octanol–water partition coefficient (Wildman–Crippen LogP) is 2.96. The van der Waals surface area contributed by atoms with E-state index in [9.17, 15) is 0 Å². The second kappa shape index (κ2) is 6.04. The first-order valence-electron chi connectivity index (χ1n) is 4.89. The Hall–Kier alpha value is -0.540. The number of hydrogen-bond acceptors (Lipinski definition) is 2. The molecule has 1 rings (SSSR count). The maximum Gasteiger partial charge on any atom is 0.133 e. The second-order valence-corrected chi connectivity index (χ2v) is 3.83. The molecule has 0 spiro atoms. The van der Waals surface area contributed by atoms with E-state index in [0.29, 0.717) is 6.61 Å². The van der Waals surface area contributed by atoms with Crippen LogP contribution in [0.3, 0.4) is 0 Å². The van der Waals surface area contributed by atoms with Crippen LogP contribution in [0, 0.1) is 0 Å². The highest BCUT2D eigenvalue weighted by Crippen LogP contribution is 2.25. The molecule has 2 nitrogen and oxygen atoms in total. The van der Waals surface area contributed by atoms with E-state index >= 15 is 0 Å². The van der Waals surface area contributed by atoms with Gasteiger partial charge in [0.15, 0.2) is 0 Å². The first kappa shape index (κ1) is 11.5. The van der Waals surface area contributed by atoms with Crippen molar-refractivity contribution >= 4 is 15.9 Å². The Bertz CT molecular complexity index is 289. The van der Waals surface area contributed by atoms with Gasteiger partial charge in [-0.05, 0) is 47.1 Å². The molecule has 0 saturated heterocycles. The van der Waals surface area contributed by atoms with E-state index in [1.807, 2.05) is 13.0 Å². The van der Waals surface area contributed by atoms with Gasteiger partial charge in [0.25, 0.3) is 0 Å². The van der Waals surface area contributed by atoms with E-state index in [-0.39, 0.29) is 0 Å². The Labute approximate surface area is 93.8 Å². The zero-order chi connectivity index (χ0) is 10.4. The fourth-order valence-corrected chi connectivity index (χ4v) is 1.74. The third-order valence-electron chi connectivity index (χ3n) is 1.88. The van der Waals surface area contributed by atoms with E-state index in [2.05, 4.69) is 40.3 Å². The number of benzene rings is 1. The molecular formula is C11H16BrNO. The molecule has 1 N–H and O–H groups in total. The summed E-state index contributed by atoms with van der Waals surface area (Å²) in [4.78, 5) is 0. The molecule has 0 amide bonds. The van der Waals surface area contributed by atoms with Crippen LogP contribution in [0.5, 0.6) is 5.75 Å². The molecule has 0 saturated carbocycles. The van der Waals surface area contributed by atoms with Crippen molar-refractivity contribution in [2.75, 3.05) is 13.2 Å². The largest absolute Gasteiger partial charge is 0.493 e. The van der Waals surface area contributed by atoms with Gasteiger partial charge in [-0.15, -0.1) is 0 Å². The van der Waals surface area contributed by atoms with E-state index in [0.717, 1.165) is 23.3 Å². The van der Waals surface area contributed by atoms with Crippen molar-refractivity contribution in [2.45, 2.75) is 20.4 Å². The third kappa shape index (κ3) is 3.31. The number of halogens is 1. The molecule has 0 aliphatic rings. The van der Waals surface area contributed by atoms with Crippen molar-refractivity contribution in [3.63, 3.8) is 0 Å². The minimum atomic E-state index is 0.700.